The van der Waals surface area contributed by atoms with Gasteiger partial charge in [0, 0.05) is 18.1 Å². The van der Waals surface area contributed by atoms with Crippen LogP contribution < -0.4 is 21.7 Å². The van der Waals surface area contributed by atoms with Gasteiger partial charge >= 0.3 is 6.03 Å². The highest BCUT2D eigenvalue weighted by Gasteiger charge is 2.70. The molecule has 1 aliphatic heterocycles. The summed E-state index contributed by atoms with van der Waals surface area (Å²) in [5.41, 5.74) is 4.35. The number of fused-ring (bicyclic) bond motifs is 1. The van der Waals surface area contributed by atoms with Crippen LogP contribution in [0.2, 0.25) is 0 Å². The zero-order chi connectivity index (χ0) is 32.0. The number of likely N-dealkylation sites (tertiary alicyclic amines) is 1. The van der Waals surface area contributed by atoms with Crippen LogP contribution in [0.4, 0.5) is 4.79 Å². The van der Waals surface area contributed by atoms with Gasteiger partial charge in [0.05, 0.1) is 6.04 Å². The molecule has 6 atom stereocenters. The summed E-state index contributed by atoms with van der Waals surface area (Å²) >= 11 is 1.19. The molecule has 0 bridgehead atoms. The molecule has 43 heavy (non-hydrogen) atoms. The number of piperidine rings is 1. The number of rotatable bonds is 11. The van der Waals surface area contributed by atoms with E-state index < -0.39 is 59.1 Å². The minimum atomic E-state index is -1.10. The van der Waals surface area contributed by atoms with Crippen molar-refractivity contribution in [3.8, 4) is 0 Å². The number of carbonyl (C=O) groups excluding carboxylic acids is 6. The minimum Gasteiger partial charge on any atom is -0.363 e. The van der Waals surface area contributed by atoms with Crippen molar-refractivity contribution >= 4 is 46.7 Å². The molecule has 2 saturated carbocycles. The van der Waals surface area contributed by atoms with Crippen LogP contribution in [0.5, 0.6) is 0 Å². The SMILES string of the molecule is CC(C)[C@H](NC(=O)N[C@H](C(=O)N1C[C@H]2[C@@H]([C@H]1C(=O)NC(C(=O)C(N)=O)C1CCC1)C2(C)C)C(C)(C)C)C(=O)c1nccs1. The van der Waals surface area contributed by atoms with Crippen LogP contribution in [-0.2, 0) is 19.2 Å². The molecule has 12 nitrogen and oxygen atoms in total. The number of hydrogen-bond donors (Lipinski definition) is 4. The molecule has 1 unspecified atom stereocenters. The van der Waals surface area contributed by atoms with Gasteiger partial charge in [-0.1, -0.05) is 54.9 Å². The second-order valence-electron chi connectivity index (χ2n) is 14.1. The molecule has 4 rings (SSSR count). The predicted octanol–water partition coefficient (Wildman–Crippen LogP) is 1.89. The van der Waals surface area contributed by atoms with Crippen molar-refractivity contribution in [1.82, 2.24) is 25.8 Å². The van der Waals surface area contributed by atoms with Crippen molar-refractivity contribution in [3.05, 3.63) is 16.6 Å². The van der Waals surface area contributed by atoms with Crippen LogP contribution in [0.1, 0.15) is 77.5 Å². The normalized spacial score (nSPS) is 24.7. The number of hydrogen-bond acceptors (Lipinski definition) is 8. The van der Waals surface area contributed by atoms with Gasteiger partial charge in [-0.15, -0.1) is 11.3 Å². The van der Waals surface area contributed by atoms with Crippen molar-refractivity contribution in [3.63, 3.8) is 0 Å². The van der Waals surface area contributed by atoms with Crippen LogP contribution in [0, 0.1) is 34.5 Å². The van der Waals surface area contributed by atoms with Crippen molar-refractivity contribution in [2.24, 2.45) is 40.2 Å². The zero-order valence-electron chi connectivity index (χ0n) is 25.9. The number of nitrogens with two attached hydrogens (primary N) is 1. The Labute approximate surface area is 256 Å². The minimum absolute atomic E-state index is 0.0666. The maximum absolute atomic E-state index is 14.2. The average Bonchev–Trinajstić information content (AvgIpc) is 3.33. The quantitative estimate of drug-likeness (QED) is 0.216. The topological polar surface area (TPSA) is 181 Å². The van der Waals surface area contributed by atoms with E-state index in [0.29, 0.717) is 19.4 Å². The lowest BCUT2D eigenvalue weighted by Crippen LogP contribution is -2.62. The van der Waals surface area contributed by atoms with Crippen LogP contribution in [0.15, 0.2) is 11.6 Å². The number of carbonyl (C=O) groups is 6. The van der Waals surface area contributed by atoms with E-state index in [1.807, 2.05) is 48.5 Å². The molecule has 1 aromatic heterocycles. The van der Waals surface area contributed by atoms with Crippen molar-refractivity contribution in [2.75, 3.05) is 6.54 Å². The molecule has 2 aliphatic carbocycles. The first-order valence-corrected chi connectivity index (χ1v) is 15.8. The molecule has 5 N–H and O–H groups in total. The molecule has 3 aliphatic rings. The summed E-state index contributed by atoms with van der Waals surface area (Å²) in [6.45, 7) is 13.5. The summed E-state index contributed by atoms with van der Waals surface area (Å²) < 4.78 is 0. The van der Waals surface area contributed by atoms with E-state index in [0.717, 1.165) is 6.42 Å². The first kappa shape index (κ1) is 32.6. The second kappa shape index (κ2) is 12.0. The Kier molecular flexibility index (Phi) is 9.07. The van der Waals surface area contributed by atoms with Crippen LogP contribution in [0.3, 0.4) is 0 Å². The van der Waals surface area contributed by atoms with Gasteiger partial charge in [0.1, 0.15) is 18.1 Å². The van der Waals surface area contributed by atoms with Gasteiger partial charge in [0.25, 0.3) is 5.91 Å². The summed E-state index contributed by atoms with van der Waals surface area (Å²) in [7, 11) is 0. The predicted molar refractivity (Wildman–Crippen MR) is 160 cm³/mol. The highest BCUT2D eigenvalue weighted by atomic mass is 32.1. The first-order chi connectivity index (χ1) is 20.0. The van der Waals surface area contributed by atoms with E-state index in [-0.39, 0.29) is 39.9 Å². The Morgan fingerprint density at radius 2 is 1.72 bits per heavy atom. The Morgan fingerprint density at radius 1 is 1.07 bits per heavy atom. The van der Waals surface area contributed by atoms with Gasteiger partial charge in [0.2, 0.25) is 23.4 Å². The molecule has 3 fully saturated rings. The van der Waals surface area contributed by atoms with Gasteiger partial charge in [0.15, 0.2) is 5.01 Å². The van der Waals surface area contributed by atoms with Gasteiger partial charge in [-0.25, -0.2) is 9.78 Å². The summed E-state index contributed by atoms with van der Waals surface area (Å²) in [6, 6.07) is -4.46. The third kappa shape index (κ3) is 6.46. The number of nitrogens with zero attached hydrogens (tertiary/aromatic N) is 2. The van der Waals surface area contributed by atoms with Gasteiger partial charge < -0.3 is 26.6 Å². The summed E-state index contributed by atoms with van der Waals surface area (Å²) in [5, 5.41) is 10.3. The molecule has 13 heteroatoms. The standard InChI is InChI=1S/C30H44N6O6S/c1-14(2)18(22(38)26-32-11-12-43-26)34-28(42)35-23(29(3,4)5)27(41)36-13-16-17(30(16,6)7)20(36)25(40)33-19(15-9-8-10-15)21(37)24(31)39/h11-12,14-20,23H,8-10,13H2,1-7H3,(H2,31,39)(H,33,40)(H2,34,35,42)/t16-,17-,18-,19?,20-,23+/m0/s1. The lowest BCUT2D eigenvalue weighted by atomic mass is 9.78. The first-order valence-electron chi connectivity index (χ1n) is 14.9. The number of ketones is 2. The number of primary amides is 1. The Balaban J connectivity index is 1.54. The zero-order valence-corrected chi connectivity index (χ0v) is 26.7. The molecular formula is C30H44N6O6S. The molecule has 0 aromatic carbocycles. The van der Waals surface area contributed by atoms with E-state index in [1.54, 1.807) is 5.38 Å². The van der Waals surface area contributed by atoms with Crippen LogP contribution >= 0.6 is 11.3 Å². The molecule has 0 spiro atoms. The average molecular weight is 617 g/mol. The Bertz CT molecular complexity index is 1280. The number of aromatic nitrogens is 1. The van der Waals surface area contributed by atoms with E-state index in [9.17, 15) is 28.8 Å². The largest absolute Gasteiger partial charge is 0.363 e. The van der Waals surface area contributed by atoms with Gasteiger partial charge in [-0.2, -0.15) is 0 Å². The number of urea groups is 1. The van der Waals surface area contributed by atoms with Crippen molar-refractivity contribution in [1.29, 1.82) is 0 Å². The van der Waals surface area contributed by atoms with Crippen LogP contribution in [-0.4, -0.2) is 75.9 Å². The second-order valence-corrected chi connectivity index (χ2v) is 15.0. The van der Waals surface area contributed by atoms with Crippen molar-refractivity contribution in [2.45, 2.75) is 91.9 Å². The van der Waals surface area contributed by atoms with Crippen LogP contribution in [0.25, 0.3) is 0 Å². The lowest BCUT2D eigenvalue weighted by Gasteiger charge is -2.39. The Morgan fingerprint density at radius 3 is 2.21 bits per heavy atom. The third-order valence-corrected chi connectivity index (χ3v) is 10.3. The molecular weight excluding hydrogens is 572 g/mol. The summed E-state index contributed by atoms with van der Waals surface area (Å²) in [5.74, 6) is -3.66. The van der Waals surface area contributed by atoms with Gasteiger partial charge in [-0.3, -0.25) is 24.0 Å². The molecule has 1 saturated heterocycles. The van der Waals surface area contributed by atoms with E-state index in [1.165, 1.54) is 22.4 Å². The fraction of sp³-hybridized carbons (Fsp3) is 0.700. The number of amides is 5. The number of nitrogens with one attached hydrogen (secondary N) is 3. The van der Waals surface area contributed by atoms with E-state index in [2.05, 4.69) is 20.9 Å². The maximum Gasteiger partial charge on any atom is 0.316 e. The number of thiazole rings is 1. The lowest BCUT2D eigenvalue weighted by molar-refractivity contribution is -0.145. The van der Waals surface area contributed by atoms with E-state index in [4.69, 9.17) is 5.73 Å². The monoisotopic (exact) mass is 616 g/mol. The van der Waals surface area contributed by atoms with Crippen molar-refractivity contribution < 1.29 is 28.8 Å². The highest BCUT2D eigenvalue weighted by Crippen LogP contribution is 2.65. The molecule has 1 aromatic rings. The molecule has 5 amide bonds. The summed E-state index contributed by atoms with van der Waals surface area (Å²) in [4.78, 5) is 84.2. The third-order valence-electron chi connectivity index (χ3n) is 9.47. The summed E-state index contributed by atoms with van der Waals surface area (Å²) in [6.07, 6.45) is 3.81. The molecule has 2 heterocycles. The fourth-order valence-electron chi connectivity index (χ4n) is 6.52. The number of Topliss-reactive ketones (excluding diaryl/α,β-unsaturated/α-hetero) is 2. The maximum atomic E-state index is 14.2. The molecule has 236 valence electrons. The Hall–Kier alpha value is -3.35. The van der Waals surface area contributed by atoms with E-state index >= 15 is 0 Å². The fourth-order valence-corrected chi connectivity index (χ4v) is 7.13. The highest BCUT2D eigenvalue weighted by molar-refractivity contribution is 7.11. The van der Waals surface area contributed by atoms with Gasteiger partial charge in [-0.05, 0) is 47.3 Å². The smallest absolute Gasteiger partial charge is 0.316 e. The molecule has 0 radical (unpaired) electrons.